The van der Waals surface area contributed by atoms with Crippen molar-refractivity contribution in [3.05, 3.63) is 94.5 Å². The SMILES string of the molecule is CC.CC.COc1ccc(C(=O)NC2(C)Cc3ccccc3C2)cc1OCCc1cccc(C)c1.NOC=O. The molecule has 0 atom stereocenters. The highest BCUT2D eigenvalue weighted by Gasteiger charge is 2.34. The van der Waals surface area contributed by atoms with Crippen molar-refractivity contribution in [2.24, 2.45) is 5.90 Å². The predicted octanol–water partition coefficient (Wildman–Crippen LogP) is 6.00. The van der Waals surface area contributed by atoms with Crippen molar-refractivity contribution >= 4 is 12.4 Å². The molecule has 39 heavy (non-hydrogen) atoms. The molecule has 0 aliphatic heterocycles. The Labute approximate surface area is 233 Å². The molecular weight excluding hydrogens is 492 g/mol. The molecule has 3 aromatic rings. The summed E-state index contributed by atoms with van der Waals surface area (Å²) in [4.78, 5) is 25.2. The van der Waals surface area contributed by atoms with E-state index in [2.05, 4.69) is 78.4 Å². The first-order valence-electron chi connectivity index (χ1n) is 13.4. The van der Waals surface area contributed by atoms with Gasteiger partial charge in [-0.2, -0.15) is 5.90 Å². The summed E-state index contributed by atoms with van der Waals surface area (Å²) >= 11 is 0. The number of nitrogens with one attached hydrogen (secondary N) is 1. The molecule has 0 heterocycles. The maximum absolute atomic E-state index is 13.0. The zero-order valence-electron chi connectivity index (χ0n) is 24.4. The van der Waals surface area contributed by atoms with Gasteiger partial charge in [0.05, 0.1) is 13.7 Å². The third kappa shape index (κ3) is 10.4. The first-order valence-corrected chi connectivity index (χ1v) is 13.4. The number of methoxy groups -OCH3 is 1. The number of rotatable bonds is 8. The van der Waals surface area contributed by atoms with E-state index in [0.717, 1.165) is 19.3 Å². The van der Waals surface area contributed by atoms with Gasteiger partial charge in [-0.1, -0.05) is 81.8 Å². The van der Waals surface area contributed by atoms with Gasteiger partial charge in [0.2, 0.25) is 0 Å². The number of fused-ring (bicyclic) bond motifs is 1. The molecule has 1 aliphatic carbocycles. The number of carbonyl (C=O) groups is 2. The van der Waals surface area contributed by atoms with Crippen LogP contribution in [0.3, 0.4) is 0 Å². The van der Waals surface area contributed by atoms with Crippen LogP contribution in [0.15, 0.2) is 66.7 Å². The van der Waals surface area contributed by atoms with Crippen molar-refractivity contribution in [3.8, 4) is 11.5 Å². The van der Waals surface area contributed by atoms with Crippen molar-refractivity contribution in [2.75, 3.05) is 13.7 Å². The first kappa shape index (κ1) is 33.2. The van der Waals surface area contributed by atoms with E-state index >= 15 is 0 Å². The average Bonchev–Trinajstić information content (AvgIpc) is 3.31. The number of carbonyl (C=O) groups excluding carboxylic acids is 2. The third-order valence-corrected chi connectivity index (χ3v) is 5.91. The minimum absolute atomic E-state index is 0.0958. The van der Waals surface area contributed by atoms with Gasteiger partial charge in [-0.15, -0.1) is 0 Å². The molecule has 1 amide bonds. The summed E-state index contributed by atoms with van der Waals surface area (Å²) in [6, 6.07) is 22.1. The summed E-state index contributed by atoms with van der Waals surface area (Å²) in [6.45, 7) is 12.9. The highest BCUT2D eigenvalue weighted by atomic mass is 16.6. The van der Waals surface area contributed by atoms with Crippen LogP contribution in [0.25, 0.3) is 0 Å². The summed E-state index contributed by atoms with van der Waals surface area (Å²) in [6.07, 6.45) is 2.47. The highest BCUT2D eigenvalue weighted by molar-refractivity contribution is 5.95. The van der Waals surface area contributed by atoms with E-state index in [0.29, 0.717) is 23.7 Å². The second-order valence-corrected chi connectivity index (χ2v) is 8.82. The van der Waals surface area contributed by atoms with Crippen molar-refractivity contribution in [2.45, 2.75) is 66.3 Å². The third-order valence-electron chi connectivity index (χ3n) is 5.91. The fourth-order valence-electron chi connectivity index (χ4n) is 4.32. The molecule has 0 saturated heterocycles. The van der Waals surface area contributed by atoms with Gasteiger partial charge in [-0.3, -0.25) is 9.59 Å². The maximum Gasteiger partial charge on any atom is 0.312 e. The molecule has 0 bridgehead atoms. The summed E-state index contributed by atoms with van der Waals surface area (Å²) < 4.78 is 11.4. The Bertz CT molecular complexity index is 1140. The van der Waals surface area contributed by atoms with Crippen LogP contribution in [-0.4, -0.2) is 31.6 Å². The van der Waals surface area contributed by atoms with E-state index in [1.807, 2.05) is 27.7 Å². The molecule has 7 nitrogen and oxygen atoms in total. The van der Waals surface area contributed by atoms with E-state index in [1.165, 1.54) is 22.3 Å². The van der Waals surface area contributed by atoms with Gasteiger partial charge in [0.25, 0.3) is 5.91 Å². The number of hydrogen-bond donors (Lipinski definition) is 2. The van der Waals surface area contributed by atoms with E-state index in [-0.39, 0.29) is 17.9 Å². The molecule has 3 N–H and O–H groups in total. The number of aryl methyl sites for hydroxylation is 1. The van der Waals surface area contributed by atoms with Crippen LogP contribution in [0, 0.1) is 6.92 Å². The Morgan fingerprint density at radius 2 is 1.56 bits per heavy atom. The van der Waals surface area contributed by atoms with Crippen molar-refractivity contribution < 1.29 is 23.9 Å². The van der Waals surface area contributed by atoms with Crippen molar-refractivity contribution in [3.63, 3.8) is 0 Å². The van der Waals surface area contributed by atoms with Crippen LogP contribution < -0.4 is 20.7 Å². The summed E-state index contributed by atoms with van der Waals surface area (Å²) in [5.41, 5.74) is 5.36. The van der Waals surface area contributed by atoms with Gasteiger partial charge < -0.3 is 19.6 Å². The summed E-state index contributed by atoms with van der Waals surface area (Å²) in [5, 5.41) is 3.24. The first-order chi connectivity index (χ1) is 18.9. The van der Waals surface area contributed by atoms with Crippen molar-refractivity contribution in [1.82, 2.24) is 5.32 Å². The summed E-state index contributed by atoms with van der Waals surface area (Å²) in [7, 11) is 1.61. The molecule has 0 spiro atoms. The number of ether oxygens (including phenoxy) is 2. The normalized spacial score (nSPS) is 12.0. The smallest absolute Gasteiger partial charge is 0.312 e. The second kappa shape index (κ2) is 17.6. The van der Waals surface area contributed by atoms with Gasteiger partial charge in [0.15, 0.2) is 11.5 Å². The molecule has 0 unspecified atom stereocenters. The second-order valence-electron chi connectivity index (χ2n) is 8.82. The average molecular weight is 537 g/mol. The number of nitrogens with two attached hydrogens (primary N) is 1. The zero-order chi connectivity index (χ0) is 29.3. The topological polar surface area (TPSA) is 99.9 Å². The Balaban J connectivity index is 0.000000856. The highest BCUT2D eigenvalue weighted by Crippen LogP contribution is 2.31. The zero-order valence-corrected chi connectivity index (χ0v) is 24.4. The van der Waals surface area contributed by atoms with E-state index in [9.17, 15) is 4.79 Å². The summed E-state index contributed by atoms with van der Waals surface area (Å²) in [5.74, 6) is 5.27. The molecule has 3 aromatic carbocycles. The largest absolute Gasteiger partial charge is 0.493 e. The van der Waals surface area contributed by atoms with Gasteiger partial charge in [0, 0.05) is 17.5 Å². The molecule has 1 aliphatic rings. The van der Waals surface area contributed by atoms with Crippen LogP contribution in [0.4, 0.5) is 0 Å². The molecule has 0 radical (unpaired) electrons. The quantitative estimate of drug-likeness (QED) is 0.271. The van der Waals surface area contributed by atoms with Crippen LogP contribution in [0.2, 0.25) is 0 Å². The Kier molecular flexibility index (Phi) is 15.0. The van der Waals surface area contributed by atoms with Crippen LogP contribution in [-0.2, 0) is 28.9 Å². The molecule has 0 saturated carbocycles. The lowest BCUT2D eigenvalue weighted by atomic mass is 9.98. The lowest BCUT2D eigenvalue weighted by Crippen LogP contribution is -2.46. The Morgan fingerprint density at radius 3 is 2.10 bits per heavy atom. The van der Waals surface area contributed by atoms with E-state index < -0.39 is 0 Å². The minimum atomic E-state index is -0.285. The lowest BCUT2D eigenvalue weighted by molar-refractivity contribution is -0.129. The van der Waals surface area contributed by atoms with Crippen molar-refractivity contribution in [1.29, 1.82) is 0 Å². The van der Waals surface area contributed by atoms with E-state index in [4.69, 9.17) is 14.3 Å². The lowest BCUT2D eigenvalue weighted by Gasteiger charge is -2.25. The fraction of sp³-hybridized carbons (Fsp3) is 0.375. The Morgan fingerprint density at radius 1 is 0.949 bits per heavy atom. The Hall–Kier alpha value is -3.84. The monoisotopic (exact) mass is 536 g/mol. The van der Waals surface area contributed by atoms with Crippen LogP contribution in [0.1, 0.15) is 67.2 Å². The molecule has 212 valence electrons. The molecule has 0 fully saturated rings. The fourth-order valence-corrected chi connectivity index (χ4v) is 4.32. The maximum atomic E-state index is 13.0. The van der Waals surface area contributed by atoms with Gasteiger partial charge in [-0.25, -0.2) is 0 Å². The van der Waals surface area contributed by atoms with Gasteiger partial charge in [-0.05, 0) is 61.6 Å². The number of hydrogen-bond acceptors (Lipinski definition) is 6. The molecular formula is C32H44N2O5. The molecule has 4 rings (SSSR count). The van der Waals surface area contributed by atoms with Gasteiger partial charge >= 0.3 is 6.47 Å². The van der Waals surface area contributed by atoms with E-state index in [1.54, 1.807) is 25.3 Å². The minimum Gasteiger partial charge on any atom is -0.493 e. The van der Waals surface area contributed by atoms with Crippen LogP contribution >= 0.6 is 0 Å². The number of benzene rings is 3. The van der Waals surface area contributed by atoms with Gasteiger partial charge in [0.1, 0.15) is 0 Å². The van der Waals surface area contributed by atoms with Crippen LogP contribution in [0.5, 0.6) is 11.5 Å². The molecule has 0 aromatic heterocycles. The predicted molar refractivity (Wildman–Crippen MR) is 157 cm³/mol. The standard InChI is InChI=1S/C27H29NO3.2C2H6.CH3NO2/c1-19-7-6-8-20(15-19)13-14-31-25-16-21(11-12-24(25)30-3)26(29)28-27(2)17-22-9-4-5-10-23(22)18-27;2*1-2;2-4-1-3/h4-12,15-16H,13-14,17-18H2,1-3H3,(H,28,29);2*1-2H3;1H,2H2. The number of amides is 1. The molecule has 7 heteroatoms.